The molecule has 1 fully saturated rings. The molecule has 4 heteroatoms. The van der Waals surface area contributed by atoms with Crippen LogP contribution in [0.4, 0.5) is 0 Å². The Labute approximate surface area is 105 Å². The first-order valence-electron chi connectivity index (χ1n) is 6.55. The van der Waals surface area contributed by atoms with Crippen molar-refractivity contribution in [2.24, 2.45) is 11.7 Å². The van der Waals surface area contributed by atoms with E-state index in [1.165, 1.54) is 0 Å². The van der Waals surface area contributed by atoms with E-state index in [4.69, 9.17) is 15.2 Å². The second-order valence-corrected chi connectivity index (χ2v) is 5.56. The van der Waals surface area contributed by atoms with Gasteiger partial charge in [0.15, 0.2) is 0 Å². The average molecular weight is 244 g/mol. The van der Waals surface area contributed by atoms with E-state index in [9.17, 15) is 0 Å². The fourth-order valence-corrected chi connectivity index (χ4v) is 2.84. The number of morpholine rings is 1. The molecule has 0 saturated carbocycles. The molecule has 1 heterocycles. The minimum absolute atomic E-state index is 0.0684. The molecule has 1 aliphatic heterocycles. The van der Waals surface area contributed by atoms with Crippen LogP contribution in [0.3, 0.4) is 0 Å². The standard InChI is InChI=1S/C13H28N2O2/c1-10(2)13(8-14,9-16-5)15-6-11(3)17-12(4)7-15/h10-12H,6-9,14H2,1-5H3. The first-order valence-corrected chi connectivity index (χ1v) is 6.55. The van der Waals surface area contributed by atoms with Gasteiger partial charge in [-0.1, -0.05) is 13.8 Å². The average Bonchev–Trinajstić information content (AvgIpc) is 2.24. The Morgan fingerprint density at radius 2 is 1.88 bits per heavy atom. The number of hydrogen-bond donors (Lipinski definition) is 1. The summed E-state index contributed by atoms with van der Waals surface area (Å²) in [5.41, 5.74) is 5.99. The number of nitrogens with two attached hydrogens (primary N) is 1. The molecule has 0 aromatic heterocycles. The van der Waals surface area contributed by atoms with Gasteiger partial charge in [-0.15, -0.1) is 0 Å². The Balaban J connectivity index is 2.88. The van der Waals surface area contributed by atoms with Crippen LogP contribution >= 0.6 is 0 Å². The Kier molecular flexibility index (Phi) is 5.38. The first-order chi connectivity index (χ1) is 7.96. The summed E-state index contributed by atoms with van der Waals surface area (Å²) in [5, 5.41) is 0. The molecular formula is C13H28N2O2. The third-order valence-electron chi connectivity index (χ3n) is 3.87. The monoisotopic (exact) mass is 244 g/mol. The van der Waals surface area contributed by atoms with Gasteiger partial charge in [0.25, 0.3) is 0 Å². The van der Waals surface area contributed by atoms with Gasteiger partial charge in [-0.25, -0.2) is 0 Å². The third-order valence-corrected chi connectivity index (χ3v) is 3.87. The summed E-state index contributed by atoms with van der Waals surface area (Å²) >= 11 is 0. The van der Waals surface area contributed by atoms with Gasteiger partial charge >= 0.3 is 0 Å². The lowest BCUT2D eigenvalue weighted by Crippen LogP contribution is -2.65. The van der Waals surface area contributed by atoms with Gasteiger partial charge < -0.3 is 15.2 Å². The van der Waals surface area contributed by atoms with Gasteiger partial charge in [-0.2, -0.15) is 0 Å². The molecule has 4 nitrogen and oxygen atoms in total. The zero-order chi connectivity index (χ0) is 13.1. The second-order valence-electron chi connectivity index (χ2n) is 5.56. The third kappa shape index (κ3) is 3.19. The highest BCUT2D eigenvalue weighted by Gasteiger charge is 2.41. The van der Waals surface area contributed by atoms with Crippen LogP contribution in [0.15, 0.2) is 0 Å². The van der Waals surface area contributed by atoms with Crippen molar-refractivity contribution in [3.63, 3.8) is 0 Å². The predicted octanol–water partition coefficient (Wildman–Crippen LogP) is 1.10. The molecule has 3 unspecified atom stereocenters. The molecule has 0 spiro atoms. The lowest BCUT2D eigenvalue weighted by molar-refractivity contribution is -0.124. The van der Waals surface area contributed by atoms with E-state index in [-0.39, 0.29) is 17.7 Å². The lowest BCUT2D eigenvalue weighted by atomic mass is 9.84. The van der Waals surface area contributed by atoms with Crippen molar-refractivity contribution in [1.82, 2.24) is 4.90 Å². The van der Waals surface area contributed by atoms with Crippen LogP contribution in [-0.4, -0.2) is 56.0 Å². The first kappa shape index (κ1) is 14.9. The van der Waals surface area contributed by atoms with Crippen molar-refractivity contribution < 1.29 is 9.47 Å². The van der Waals surface area contributed by atoms with Crippen LogP contribution in [0.5, 0.6) is 0 Å². The topological polar surface area (TPSA) is 47.7 Å². The van der Waals surface area contributed by atoms with Crippen LogP contribution in [0.2, 0.25) is 0 Å². The maximum atomic E-state index is 6.05. The van der Waals surface area contributed by atoms with Crippen molar-refractivity contribution in [2.75, 3.05) is 33.4 Å². The lowest BCUT2D eigenvalue weighted by Gasteiger charge is -2.50. The van der Waals surface area contributed by atoms with Crippen molar-refractivity contribution in [3.05, 3.63) is 0 Å². The van der Waals surface area contributed by atoms with Gasteiger partial charge in [0.2, 0.25) is 0 Å². The number of hydrogen-bond acceptors (Lipinski definition) is 4. The summed E-state index contributed by atoms with van der Waals surface area (Å²) in [6, 6.07) is 0. The Morgan fingerprint density at radius 3 is 2.24 bits per heavy atom. The minimum atomic E-state index is -0.0684. The van der Waals surface area contributed by atoms with Gasteiger partial charge in [0.1, 0.15) is 0 Å². The van der Waals surface area contributed by atoms with Crippen LogP contribution in [-0.2, 0) is 9.47 Å². The van der Waals surface area contributed by atoms with E-state index in [1.807, 2.05) is 0 Å². The van der Waals surface area contributed by atoms with Crippen molar-refractivity contribution >= 4 is 0 Å². The van der Waals surface area contributed by atoms with Crippen molar-refractivity contribution in [1.29, 1.82) is 0 Å². The number of methoxy groups -OCH3 is 1. The normalized spacial score (nSPS) is 30.5. The molecule has 1 saturated heterocycles. The molecule has 0 bridgehead atoms. The summed E-state index contributed by atoms with van der Waals surface area (Å²) in [6.45, 7) is 11.9. The smallest absolute Gasteiger partial charge is 0.0678 e. The predicted molar refractivity (Wildman–Crippen MR) is 70.1 cm³/mol. The Morgan fingerprint density at radius 1 is 1.35 bits per heavy atom. The fraction of sp³-hybridized carbons (Fsp3) is 1.00. The summed E-state index contributed by atoms with van der Waals surface area (Å²) in [7, 11) is 1.75. The van der Waals surface area contributed by atoms with E-state index >= 15 is 0 Å². The summed E-state index contributed by atoms with van der Waals surface area (Å²) in [4.78, 5) is 2.46. The van der Waals surface area contributed by atoms with Gasteiger partial charge in [-0.3, -0.25) is 4.90 Å². The number of rotatable bonds is 5. The van der Waals surface area contributed by atoms with E-state index < -0.39 is 0 Å². The maximum Gasteiger partial charge on any atom is 0.0678 e. The summed E-state index contributed by atoms with van der Waals surface area (Å²) < 4.78 is 11.2. The molecule has 1 aliphatic rings. The number of ether oxygens (including phenoxy) is 2. The molecule has 1 rings (SSSR count). The zero-order valence-corrected chi connectivity index (χ0v) is 11.9. The molecule has 102 valence electrons. The number of nitrogens with zero attached hydrogens (tertiary/aromatic N) is 1. The SMILES string of the molecule is COCC(CN)(C(C)C)N1CC(C)OC(C)C1. The second kappa shape index (κ2) is 6.14. The quantitative estimate of drug-likeness (QED) is 0.786. The molecule has 17 heavy (non-hydrogen) atoms. The molecule has 0 amide bonds. The molecule has 0 aromatic carbocycles. The van der Waals surface area contributed by atoms with E-state index in [1.54, 1.807) is 7.11 Å². The Bertz CT molecular complexity index is 225. The molecule has 0 aliphatic carbocycles. The summed E-state index contributed by atoms with van der Waals surface area (Å²) in [5.74, 6) is 0.463. The highest BCUT2D eigenvalue weighted by Crippen LogP contribution is 2.28. The molecular weight excluding hydrogens is 216 g/mol. The van der Waals surface area contributed by atoms with Crippen molar-refractivity contribution in [3.8, 4) is 0 Å². The largest absolute Gasteiger partial charge is 0.383 e. The van der Waals surface area contributed by atoms with Crippen LogP contribution < -0.4 is 5.73 Å². The Hall–Kier alpha value is -0.160. The fourth-order valence-electron chi connectivity index (χ4n) is 2.84. The minimum Gasteiger partial charge on any atom is -0.383 e. The van der Waals surface area contributed by atoms with Crippen LogP contribution in [0.1, 0.15) is 27.7 Å². The van der Waals surface area contributed by atoms with Gasteiger partial charge in [-0.05, 0) is 19.8 Å². The van der Waals surface area contributed by atoms with Gasteiger partial charge in [0, 0.05) is 26.7 Å². The molecule has 2 N–H and O–H groups in total. The zero-order valence-electron chi connectivity index (χ0n) is 11.9. The highest BCUT2D eigenvalue weighted by molar-refractivity contribution is 4.97. The molecule has 0 aromatic rings. The van der Waals surface area contributed by atoms with E-state index in [2.05, 4.69) is 32.6 Å². The molecule has 0 radical (unpaired) electrons. The van der Waals surface area contributed by atoms with Gasteiger partial charge in [0.05, 0.1) is 24.4 Å². The maximum absolute atomic E-state index is 6.05. The van der Waals surface area contributed by atoms with Crippen LogP contribution in [0.25, 0.3) is 0 Å². The van der Waals surface area contributed by atoms with E-state index in [0.717, 1.165) is 13.1 Å². The van der Waals surface area contributed by atoms with E-state index in [0.29, 0.717) is 19.1 Å². The summed E-state index contributed by atoms with van der Waals surface area (Å²) in [6.07, 6.45) is 0.528. The van der Waals surface area contributed by atoms with Crippen LogP contribution in [0, 0.1) is 5.92 Å². The highest BCUT2D eigenvalue weighted by atomic mass is 16.5. The van der Waals surface area contributed by atoms with Crippen molar-refractivity contribution in [2.45, 2.75) is 45.4 Å². The molecule has 3 atom stereocenters.